The van der Waals surface area contributed by atoms with Gasteiger partial charge in [-0.1, -0.05) is 45.2 Å². The molecule has 0 saturated heterocycles. The Labute approximate surface area is 130 Å². The van der Waals surface area contributed by atoms with Gasteiger partial charge in [-0.05, 0) is 55.8 Å². The maximum atomic E-state index is 5.66. The summed E-state index contributed by atoms with van der Waals surface area (Å²) in [4.78, 5) is 0. The normalized spacial score (nSPS) is 17.6. The molecule has 1 unspecified atom stereocenters. The summed E-state index contributed by atoms with van der Waals surface area (Å²) < 4.78 is 5.66. The van der Waals surface area contributed by atoms with E-state index in [0.717, 1.165) is 31.1 Å². The molecule has 0 spiro atoms. The molecule has 118 valence electrons. The first-order chi connectivity index (χ1) is 10.3. The molecule has 21 heavy (non-hydrogen) atoms. The van der Waals surface area contributed by atoms with Crippen molar-refractivity contribution in [2.75, 3.05) is 13.2 Å². The molecule has 1 atom stereocenters. The summed E-state index contributed by atoms with van der Waals surface area (Å²) in [5, 5.41) is 3.78. The van der Waals surface area contributed by atoms with Crippen LogP contribution in [-0.4, -0.2) is 13.2 Å². The first-order valence-electron chi connectivity index (χ1n) is 8.79. The molecule has 1 aromatic carbocycles. The van der Waals surface area contributed by atoms with Gasteiger partial charge >= 0.3 is 0 Å². The summed E-state index contributed by atoms with van der Waals surface area (Å²) in [6.07, 6.45) is 9.30. The van der Waals surface area contributed by atoms with Crippen molar-refractivity contribution in [3.05, 3.63) is 29.8 Å². The van der Waals surface area contributed by atoms with E-state index < -0.39 is 0 Å². The predicted octanol–water partition coefficient (Wildman–Crippen LogP) is 5.10. The van der Waals surface area contributed by atoms with Crippen molar-refractivity contribution < 1.29 is 4.74 Å². The van der Waals surface area contributed by atoms with Gasteiger partial charge in [0.1, 0.15) is 5.75 Å². The van der Waals surface area contributed by atoms with Gasteiger partial charge in [0.25, 0.3) is 0 Å². The monoisotopic (exact) mass is 289 g/mol. The lowest BCUT2D eigenvalue weighted by Crippen LogP contribution is -2.28. The van der Waals surface area contributed by atoms with Crippen LogP contribution in [0, 0.1) is 5.92 Å². The Balaban J connectivity index is 1.84. The highest BCUT2D eigenvalue weighted by Gasteiger charge is 2.15. The number of hydrogen-bond donors (Lipinski definition) is 1. The standard InChI is InChI=1S/C19H31NO/c1-3-14-21-18-12-10-17(11-13-18)19(4-2)20-15-16-8-6-5-7-9-16/h10-13,16,19-20H,3-9,14-15H2,1-2H3. The lowest BCUT2D eigenvalue weighted by Gasteiger charge is -2.25. The molecule has 2 nitrogen and oxygen atoms in total. The minimum atomic E-state index is 0.479. The lowest BCUT2D eigenvalue weighted by molar-refractivity contribution is 0.316. The molecule has 0 heterocycles. The minimum absolute atomic E-state index is 0.479. The fourth-order valence-corrected chi connectivity index (χ4v) is 3.21. The van der Waals surface area contributed by atoms with Gasteiger partial charge in [-0.15, -0.1) is 0 Å². The van der Waals surface area contributed by atoms with E-state index in [9.17, 15) is 0 Å². The van der Waals surface area contributed by atoms with Gasteiger partial charge in [0, 0.05) is 6.04 Å². The Bertz CT molecular complexity index is 381. The van der Waals surface area contributed by atoms with Gasteiger partial charge in [-0.3, -0.25) is 0 Å². The largest absolute Gasteiger partial charge is 0.494 e. The third-order valence-electron chi connectivity index (χ3n) is 4.54. The van der Waals surface area contributed by atoms with E-state index in [1.54, 1.807) is 0 Å². The van der Waals surface area contributed by atoms with Gasteiger partial charge in [-0.2, -0.15) is 0 Å². The summed E-state index contributed by atoms with van der Waals surface area (Å²) in [5.74, 6) is 1.88. The van der Waals surface area contributed by atoms with Gasteiger partial charge in [-0.25, -0.2) is 0 Å². The molecule has 2 heteroatoms. The Morgan fingerprint density at radius 1 is 1.10 bits per heavy atom. The summed E-state index contributed by atoms with van der Waals surface area (Å²) in [6.45, 7) is 6.37. The van der Waals surface area contributed by atoms with Crippen molar-refractivity contribution in [3.8, 4) is 5.75 Å². The highest BCUT2D eigenvalue weighted by Crippen LogP contribution is 2.25. The molecule has 1 aliphatic carbocycles. The van der Waals surface area contributed by atoms with Gasteiger partial charge in [0.15, 0.2) is 0 Å². The quantitative estimate of drug-likeness (QED) is 0.719. The lowest BCUT2D eigenvalue weighted by atomic mass is 9.89. The average molecular weight is 289 g/mol. The van der Waals surface area contributed by atoms with Crippen LogP contribution in [0.25, 0.3) is 0 Å². The molecule has 1 aromatic rings. The Morgan fingerprint density at radius 2 is 1.81 bits per heavy atom. The summed E-state index contributed by atoms with van der Waals surface area (Å²) in [7, 11) is 0. The van der Waals surface area contributed by atoms with E-state index in [2.05, 4.69) is 43.4 Å². The molecule has 0 aliphatic heterocycles. The molecule has 1 fully saturated rings. The molecule has 1 aliphatic rings. The maximum Gasteiger partial charge on any atom is 0.119 e. The van der Waals surface area contributed by atoms with E-state index in [0.29, 0.717) is 6.04 Å². The SMILES string of the molecule is CCCOc1ccc(C(CC)NCC2CCCCC2)cc1. The maximum absolute atomic E-state index is 5.66. The van der Waals surface area contributed by atoms with Crippen molar-refractivity contribution in [1.29, 1.82) is 0 Å². The highest BCUT2D eigenvalue weighted by atomic mass is 16.5. The van der Waals surface area contributed by atoms with Crippen LogP contribution in [0.15, 0.2) is 24.3 Å². The molecule has 1 saturated carbocycles. The number of hydrogen-bond acceptors (Lipinski definition) is 2. The summed E-state index contributed by atoms with van der Waals surface area (Å²) in [6, 6.07) is 9.12. The van der Waals surface area contributed by atoms with E-state index in [-0.39, 0.29) is 0 Å². The molecule has 0 bridgehead atoms. The van der Waals surface area contributed by atoms with Crippen molar-refractivity contribution >= 4 is 0 Å². The Kier molecular flexibility index (Phi) is 7.08. The average Bonchev–Trinajstić information content (AvgIpc) is 2.55. The van der Waals surface area contributed by atoms with Gasteiger partial charge in [0.2, 0.25) is 0 Å². The van der Waals surface area contributed by atoms with Crippen LogP contribution >= 0.6 is 0 Å². The topological polar surface area (TPSA) is 21.3 Å². The van der Waals surface area contributed by atoms with Crippen molar-refractivity contribution in [2.45, 2.75) is 64.8 Å². The van der Waals surface area contributed by atoms with Crippen LogP contribution in [0.5, 0.6) is 5.75 Å². The molecule has 1 N–H and O–H groups in total. The van der Waals surface area contributed by atoms with Crippen LogP contribution in [0.3, 0.4) is 0 Å². The molecular weight excluding hydrogens is 258 g/mol. The zero-order valence-corrected chi connectivity index (χ0v) is 13.7. The van der Waals surface area contributed by atoms with E-state index in [1.807, 2.05) is 0 Å². The summed E-state index contributed by atoms with van der Waals surface area (Å²) >= 11 is 0. The van der Waals surface area contributed by atoms with Crippen LogP contribution in [0.2, 0.25) is 0 Å². The predicted molar refractivity (Wildman–Crippen MR) is 89.8 cm³/mol. The van der Waals surface area contributed by atoms with Crippen LogP contribution in [0.4, 0.5) is 0 Å². The molecular formula is C19H31NO. The van der Waals surface area contributed by atoms with Crippen molar-refractivity contribution in [2.24, 2.45) is 5.92 Å². The molecule has 0 aromatic heterocycles. The first-order valence-corrected chi connectivity index (χ1v) is 8.79. The van der Waals surface area contributed by atoms with Crippen LogP contribution < -0.4 is 10.1 Å². The highest BCUT2D eigenvalue weighted by molar-refractivity contribution is 5.29. The second-order valence-corrected chi connectivity index (χ2v) is 6.29. The van der Waals surface area contributed by atoms with E-state index in [4.69, 9.17) is 4.74 Å². The second kappa shape index (κ2) is 9.09. The van der Waals surface area contributed by atoms with Gasteiger partial charge < -0.3 is 10.1 Å². The smallest absolute Gasteiger partial charge is 0.119 e. The zero-order chi connectivity index (χ0) is 14.9. The number of benzene rings is 1. The van der Waals surface area contributed by atoms with E-state index >= 15 is 0 Å². The van der Waals surface area contributed by atoms with Crippen molar-refractivity contribution in [3.63, 3.8) is 0 Å². The Morgan fingerprint density at radius 3 is 2.43 bits per heavy atom. The fourth-order valence-electron chi connectivity index (χ4n) is 3.21. The second-order valence-electron chi connectivity index (χ2n) is 6.29. The van der Waals surface area contributed by atoms with Crippen LogP contribution in [0.1, 0.15) is 70.4 Å². The van der Waals surface area contributed by atoms with Crippen LogP contribution in [-0.2, 0) is 0 Å². The molecule has 2 rings (SSSR count). The first kappa shape index (κ1) is 16.4. The number of rotatable bonds is 8. The zero-order valence-electron chi connectivity index (χ0n) is 13.7. The Hall–Kier alpha value is -1.02. The third-order valence-corrected chi connectivity index (χ3v) is 4.54. The van der Waals surface area contributed by atoms with E-state index in [1.165, 1.54) is 44.2 Å². The molecule has 0 radical (unpaired) electrons. The summed E-state index contributed by atoms with van der Waals surface area (Å²) in [5.41, 5.74) is 1.39. The minimum Gasteiger partial charge on any atom is -0.494 e. The number of nitrogens with one attached hydrogen (secondary N) is 1. The fraction of sp³-hybridized carbons (Fsp3) is 0.684. The van der Waals surface area contributed by atoms with Gasteiger partial charge in [0.05, 0.1) is 6.61 Å². The molecule has 0 amide bonds. The number of ether oxygens (including phenoxy) is 1. The van der Waals surface area contributed by atoms with Crippen molar-refractivity contribution in [1.82, 2.24) is 5.32 Å². The third kappa shape index (κ3) is 5.35.